The van der Waals surface area contributed by atoms with Gasteiger partial charge in [-0.1, -0.05) is 29.3 Å². The summed E-state index contributed by atoms with van der Waals surface area (Å²) >= 11 is 13.9. The average molecular weight is 444 g/mol. The Morgan fingerprint density at radius 1 is 1.18 bits per heavy atom. The van der Waals surface area contributed by atoms with E-state index in [-0.39, 0.29) is 0 Å². The van der Waals surface area contributed by atoms with Crippen LogP contribution < -0.4 is 0 Å². The molecule has 0 bridgehead atoms. The van der Waals surface area contributed by atoms with E-state index in [0.717, 1.165) is 10.4 Å². The van der Waals surface area contributed by atoms with Crippen LogP contribution >= 0.6 is 34.5 Å². The number of aliphatic hydroxyl groups excluding tert-OH is 3. The maximum atomic E-state index is 10.6. The Balaban J connectivity index is 1.76. The van der Waals surface area contributed by atoms with Crippen molar-refractivity contribution in [1.82, 2.24) is 0 Å². The highest BCUT2D eigenvalue weighted by Crippen LogP contribution is 2.45. The van der Waals surface area contributed by atoms with Crippen LogP contribution in [0.25, 0.3) is 0 Å². The van der Waals surface area contributed by atoms with Gasteiger partial charge in [0.05, 0.1) is 10.9 Å². The second-order valence-electron chi connectivity index (χ2n) is 6.87. The number of hydrogen-bond acceptors (Lipinski definition) is 7. The lowest BCUT2D eigenvalue weighted by Crippen LogP contribution is -2.61. The Labute approximate surface area is 176 Å². The summed E-state index contributed by atoms with van der Waals surface area (Å²) in [6, 6.07) is 9.13. The highest BCUT2D eigenvalue weighted by atomic mass is 35.5. The number of aliphatic hydroxyl groups is 3. The number of hydrogen-bond donors (Lipinski definition) is 3. The van der Waals surface area contributed by atoms with Crippen LogP contribution in [0, 0.1) is 0 Å². The molecule has 0 radical (unpaired) electrons. The van der Waals surface area contributed by atoms with Crippen molar-refractivity contribution in [2.75, 3.05) is 6.61 Å². The number of fused-ring (bicyclic) bond motifs is 1. The molecule has 6 nitrogen and oxygen atoms in total. The second kappa shape index (κ2) is 7.57. The molecular formula is C19H19Cl2NO5S. The van der Waals surface area contributed by atoms with Gasteiger partial charge in [-0.25, -0.2) is 4.99 Å². The Kier molecular flexibility index (Phi) is 5.43. The number of ether oxygens (including phenoxy) is 2. The third-order valence-electron chi connectivity index (χ3n) is 5.01. The first-order chi connectivity index (χ1) is 13.3. The first-order valence-corrected chi connectivity index (χ1v) is 10.3. The van der Waals surface area contributed by atoms with Crippen LogP contribution in [0.2, 0.25) is 9.36 Å². The van der Waals surface area contributed by atoms with Gasteiger partial charge in [0, 0.05) is 28.8 Å². The molecule has 3 heterocycles. The summed E-state index contributed by atoms with van der Waals surface area (Å²) in [4.78, 5) is 5.56. The van der Waals surface area contributed by atoms with Gasteiger partial charge < -0.3 is 24.8 Å². The third kappa shape index (κ3) is 3.35. The lowest BCUT2D eigenvalue weighted by molar-refractivity contribution is -0.262. The minimum absolute atomic E-state index is 0.330. The van der Waals surface area contributed by atoms with Crippen molar-refractivity contribution in [1.29, 1.82) is 0 Å². The van der Waals surface area contributed by atoms with Gasteiger partial charge in [-0.3, -0.25) is 0 Å². The van der Waals surface area contributed by atoms with Gasteiger partial charge in [-0.15, -0.1) is 11.3 Å². The van der Waals surface area contributed by atoms with Crippen molar-refractivity contribution in [3.8, 4) is 0 Å². The SMILES string of the molecule is CC1=NC2(c3ccc(Cl)c(Cc4ccc(Cl)s4)c3)O[C@H](CO)[C@@H](O)[C@H](O)C2O1. The van der Waals surface area contributed by atoms with E-state index in [4.69, 9.17) is 32.7 Å². The van der Waals surface area contributed by atoms with E-state index in [9.17, 15) is 15.3 Å². The van der Waals surface area contributed by atoms with Crippen LogP contribution in [0.4, 0.5) is 0 Å². The topological polar surface area (TPSA) is 91.5 Å². The van der Waals surface area contributed by atoms with E-state index < -0.39 is 36.7 Å². The predicted octanol–water partition coefficient (Wildman–Crippen LogP) is 2.73. The maximum Gasteiger partial charge on any atom is 0.228 e. The largest absolute Gasteiger partial charge is 0.469 e. The molecule has 1 fully saturated rings. The minimum atomic E-state index is -1.37. The smallest absolute Gasteiger partial charge is 0.228 e. The maximum absolute atomic E-state index is 10.6. The van der Waals surface area contributed by atoms with E-state index in [1.807, 2.05) is 18.2 Å². The summed E-state index contributed by atoms with van der Waals surface area (Å²) in [6.45, 7) is 1.19. The molecule has 1 aromatic carbocycles. The summed E-state index contributed by atoms with van der Waals surface area (Å²) in [6.07, 6.45) is -3.93. The first kappa shape index (κ1) is 20.1. The first-order valence-electron chi connectivity index (χ1n) is 8.75. The van der Waals surface area contributed by atoms with Crippen LogP contribution in [0.5, 0.6) is 0 Å². The molecule has 1 saturated heterocycles. The fraction of sp³-hybridized carbons (Fsp3) is 0.421. The molecule has 4 rings (SSSR count). The summed E-state index contributed by atoms with van der Waals surface area (Å²) in [5.41, 5.74) is 0.0962. The monoisotopic (exact) mass is 443 g/mol. The zero-order chi connectivity index (χ0) is 20.1. The molecule has 1 aromatic heterocycles. The fourth-order valence-electron chi connectivity index (χ4n) is 3.69. The van der Waals surface area contributed by atoms with E-state index in [0.29, 0.717) is 27.2 Å². The van der Waals surface area contributed by atoms with Crippen LogP contribution in [0.3, 0.4) is 0 Å². The molecule has 5 atom stereocenters. The number of nitrogens with zero attached hydrogens (tertiary/aromatic N) is 1. The van der Waals surface area contributed by atoms with Gasteiger partial charge in [0.2, 0.25) is 5.72 Å². The predicted molar refractivity (Wildman–Crippen MR) is 107 cm³/mol. The Bertz CT molecular complexity index is 919. The van der Waals surface area contributed by atoms with Crippen LogP contribution in [0.15, 0.2) is 35.3 Å². The highest BCUT2D eigenvalue weighted by Gasteiger charge is 2.59. The van der Waals surface area contributed by atoms with E-state index in [2.05, 4.69) is 4.99 Å². The van der Waals surface area contributed by atoms with Gasteiger partial charge >= 0.3 is 0 Å². The molecule has 2 unspecified atom stereocenters. The zero-order valence-electron chi connectivity index (χ0n) is 14.9. The summed E-state index contributed by atoms with van der Waals surface area (Å²) in [5.74, 6) is 0.330. The quantitative estimate of drug-likeness (QED) is 0.675. The third-order valence-corrected chi connectivity index (χ3v) is 6.61. The van der Waals surface area contributed by atoms with Crippen molar-refractivity contribution < 1.29 is 24.8 Å². The minimum Gasteiger partial charge on any atom is -0.469 e. The number of halogens is 2. The van der Waals surface area contributed by atoms with Crippen molar-refractivity contribution >= 4 is 40.4 Å². The summed E-state index contributed by atoms with van der Waals surface area (Å²) in [7, 11) is 0. The normalized spacial score (nSPS) is 32.0. The van der Waals surface area contributed by atoms with Crippen molar-refractivity contribution in [2.24, 2.45) is 4.99 Å². The number of thiophene rings is 1. The molecule has 0 saturated carbocycles. The zero-order valence-corrected chi connectivity index (χ0v) is 17.2. The molecule has 2 aliphatic heterocycles. The van der Waals surface area contributed by atoms with E-state index in [1.165, 1.54) is 11.3 Å². The van der Waals surface area contributed by atoms with Crippen molar-refractivity contribution in [3.05, 3.63) is 55.7 Å². The molecule has 0 amide bonds. The van der Waals surface area contributed by atoms with Crippen LogP contribution in [-0.4, -0.2) is 52.2 Å². The van der Waals surface area contributed by atoms with Gasteiger partial charge in [-0.2, -0.15) is 0 Å². The van der Waals surface area contributed by atoms with E-state index in [1.54, 1.807) is 19.1 Å². The molecule has 150 valence electrons. The number of rotatable bonds is 4. The van der Waals surface area contributed by atoms with Crippen LogP contribution in [-0.2, 0) is 21.6 Å². The fourth-order valence-corrected chi connectivity index (χ4v) is 4.99. The lowest BCUT2D eigenvalue weighted by Gasteiger charge is -2.44. The second-order valence-corrected chi connectivity index (χ2v) is 9.08. The average Bonchev–Trinajstić information content (AvgIpc) is 3.23. The number of aliphatic imine (C=N–C) groups is 1. The van der Waals surface area contributed by atoms with Crippen molar-refractivity contribution in [2.45, 2.75) is 43.5 Å². The van der Waals surface area contributed by atoms with Gasteiger partial charge in [0.25, 0.3) is 0 Å². The highest BCUT2D eigenvalue weighted by molar-refractivity contribution is 7.16. The molecular weight excluding hydrogens is 425 g/mol. The van der Waals surface area contributed by atoms with Gasteiger partial charge in [-0.05, 0) is 29.8 Å². The molecule has 2 aliphatic rings. The molecule has 28 heavy (non-hydrogen) atoms. The summed E-state index contributed by atoms with van der Waals surface area (Å²) < 4.78 is 12.4. The number of benzene rings is 1. The summed E-state index contributed by atoms with van der Waals surface area (Å²) in [5, 5.41) is 31.0. The molecule has 9 heteroatoms. The lowest BCUT2D eigenvalue weighted by atomic mass is 9.86. The molecule has 2 aromatic rings. The van der Waals surface area contributed by atoms with E-state index >= 15 is 0 Å². The molecule has 3 N–H and O–H groups in total. The molecule has 0 spiro atoms. The van der Waals surface area contributed by atoms with Crippen molar-refractivity contribution in [3.63, 3.8) is 0 Å². The Morgan fingerprint density at radius 3 is 2.64 bits per heavy atom. The van der Waals surface area contributed by atoms with Gasteiger partial charge in [0.15, 0.2) is 12.0 Å². The standard InChI is InChI=1S/C19H19Cl2NO5S/c1-9-22-19(18(26-9)17(25)16(24)14(8-23)27-19)11-2-4-13(20)10(6-11)7-12-3-5-15(21)28-12/h2-6,14,16-18,23-25H,7-8H2,1H3/t14-,16-,17+,18?,19?/m1/s1. The van der Waals surface area contributed by atoms with Gasteiger partial charge in [0.1, 0.15) is 18.3 Å². The Hall–Kier alpha value is -1.19. The molecule has 0 aliphatic carbocycles. The Morgan fingerprint density at radius 2 is 1.96 bits per heavy atom. The van der Waals surface area contributed by atoms with Crippen LogP contribution in [0.1, 0.15) is 22.9 Å².